The molecule has 3 aliphatic heterocycles. The molecule has 2 saturated heterocycles. The number of carboxylic acid groups (broad SMARTS) is 1. The highest BCUT2D eigenvalue weighted by molar-refractivity contribution is 8.03. The minimum atomic E-state index is -1.04. The molecule has 162 valence electrons. The van der Waals surface area contributed by atoms with Gasteiger partial charge in [0, 0.05) is 41.8 Å². The van der Waals surface area contributed by atoms with E-state index in [1.54, 1.807) is 11.8 Å². The van der Waals surface area contributed by atoms with Gasteiger partial charge in [0.15, 0.2) is 0 Å². The molecule has 2 fully saturated rings. The second kappa shape index (κ2) is 8.70. The number of β-lactam (4-membered cyclic amide) rings is 1. The van der Waals surface area contributed by atoms with Crippen molar-refractivity contribution in [3.63, 3.8) is 0 Å². The Morgan fingerprint density at radius 3 is 2.63 bits per heavy atom. The largest absolute Gasteiger partial charge is 0.477 e. The Labute approximate surface area is 180 Å². The number of rotatable bonds is 8. The lowest BCUT2D eigenvalue weighted by Crippen LogP contribution is -2.60. The average molecular weight is 432 g/mol. The Bertz CT molecular complexity index is 856. The summed E-state index contributed by atoms with van der Waals surface area (Å²) in [6.07, 6.45) is 2.27. The quantitative estimate of drug-likeness (QED) is 0.459. The summed E-state index contributed by atoms with van der Waals surface area (Å²) in [5.74, 6) is -1.50. The lowest BCUT2D eigenvalue weighted by atomic mass is 9.80. The fraction of sp³-hybridized carbons (Fsp3) is 0.545. The van der Waals surface area contributed by atoms with Crippen LogP contribution in [-0.2, 0) is 22.6 Å². The van der Waals surface area contributed by atoms with E-state index in [1.807, 2.05) is 6.92 Å². The van der Waals surface area contributed by atoms with Crippen LogP contribution in [0.25, 0.3) is 0 Å². The number of carbonyl (C=O) groups is 2. The molecule has 1 aromatic carbocycles. The van der Waals surface area contributed by atoms with Crippen molar-refractivity contribution in [2.24, 2.45) is 17.6 Å². The van der Waals surface area contributed by atoms with Crippen LogP contribution in [0.4, 0.5) is 0 Å². The number of aliphatic hydroxyl groups excluding tert-OH is 1. The van der Waals surface area contributed by atoms with Crippen LogP contribution in [0, 0.1) is 11.8 Å². The van der Waals surface area contributed by atoms with E-state index in [-0.39, 0.29) is 41.3 Å². The molecule has 0 aromatic heterocycles. The first-order valence-electron chi connectivity index (χ1n) is 10.5. The van der Waals surface area contributed by atoms with Crippen molar-refractivity contribution in [1.82, 2.24) is 10.2 Å². The molecule has 5 N–H and O–H groups in total. The van der Waals surface area contributed by atoms with E-state index in [4.69, 9.17) is 5.73 Å². The van der Waals surface area contributed by atoms with E-state index < -0.39 is 5.97 Å². The van der Waals surface area contributed by atoms with Gasteiger partial charge < -0.3 is 26.2 Å². The van der Waals surface area contributed by atoms with Crippen molar-refractivity contribution >= 4 is 23.6 Å². The standard InChI is InChI=1S/C22H29N3O4S/c1-12-18-17(6-7-26)21(27)25(18)19(22(28)29)20(12)30-16-9-15(24-11-16)8-13-2-4-14(10-23)5-3-13/h2-5,12,15-18,24,26H,6-11,23H2,1H3,(H,28,29)/t12-,15+,16+,17+,18-/m1/s1. The molecule has 7 nitrogen and oxygen atoms in total. The summed E-state index contributed by atoms with van der Waals surface area (Å²) >= 11 is 1.61. The third kappa shape index (κ3) is 3.77. The highest BCUT2D eigenvalue weighted by Gasteiger charge is 2.58. The maximum Gasteiger partial charge on any atom is 0.353 e. The number of hydrogen-bond acceptors (Lipinski definition) is 6. The smallest absolute Gasteiger partial charge is 0.353 e. The van der Waals surface area contributed by atoms with E-state index in [0.717, 1.165) is 29.9 Å². The molecule has 0 radical (unpaired) electrons. The van der Waals surface area contributed by atoms with Gasteiger partial charge in [-0.2, -0.15) is 0 Å². The predicted octanol–water partition coefficient (Wildman–Crippen LogP) is 1.31. The van der Waals surface area contributed by atoms with Crippen molar-refractivity contribution in [1.29, 1.82) is 0 Å². The van der Waals surface area contributed by atoms with Gasteiger partial charge in [-0.3, -0.25) is 4.79 Å². The number of nitrogens with one attached hydrogen (secondary N) is 1. The van der Waals surface area contributed by atoms with Crippen LogP contribution in [0.15, 0.2) is 34.9 Å². The zero-order valence-corrected chi connectivity index (χ0v) is 17.9. The van der Waals surface area contributed by atoms with Gasteiger partial charge in [0.1, 0.15) is 5.70 Å². The zero-order valence-electron chi connectivity index (χ0n) is 17.1. The summed E-state index contributed by atoms with van der Waals surface area (Å²) in [4.78, 5) is 26.7. The topological polar surface area (TPSA) is 116 Å². The number of carbonyl (C=O) groups excluding carboxylic acids is 1. The number of nitrogens with zero attached hydrogens (tertiary/aromatic N) is 1. The van der Waals surface area contributed by atoms with Gasteiger partial charge in [0.2, 0.25) is 5.91 Å². The highest BCUT2D eigenvalue weighted by Crippen LogP contribution is 2.51. The minimum absolute atomic E-state index is 0.0155. The molecule has 30 heavy (non-hydrogen) atoms. The highest BCUT2D eigenvalue weighted by atomic mass is 32.2. The van der Waals surface area contributed by atoms with Gasteiger partial charge >= 0.3 is 5.97 Å². The molecule has 1 amide bonds. The van der Waals surface area contributed by atoms with Gasteiger partial charge in [0.25, 0.3) is 0 Å². The van der Waals surface area contributed by atoms with Crippen molar-refractivity contribution in [2.75, 3.05) is 13.2 Å². The number of carboxylic acids is 1. The van der Waals surface area contributed by atoms with Gasteiger partial charge in [-0.05, 0) is 30.4 Å². The van der Waals surface area contributed by atoms with E-state index in [2.05, 4.69) is 29.6 Å². The third-order valence-electron chi connectivity index (χ3n) is 6.52. The monoisotopic (exact) mass is 431 g/mol. The Balaban J connectivity index is 1.42. The van der Waals surface area contributed by atoms with Gasteiger partial charge in [-0.25, -0.2) is 4.79 Å². The van der Waals surface area contributed by atoms with Gasteiger partial charge in [0.05, 0.1) is 12.0 Å². The van der Waals surface area contributed by atoms with Crippen LogP contribution < -0.4 is 11.1 Å². The number of thioether (sulfide) groups is 1. The average Bonchev–Trinajstić information content (AvgIpc) is 3.27. The number of hydrogen-bond donors (Lipinski definition) is 4. The van der Waals surface area contributed by atoms with Gasteiger partial charge in [-0.15, -0.1) is 11.8 Å². The van der Waals surface area contributed by atoms with Crippen LogP contribution in [0.3, 0.4) is 0 Å². The molecule has 4 rings (SSSR count). The molecule has 0 bridgehead atoms. The summed E-state index contributed by atoms with van der Waals surface area (Å²) in [6.45, 7) is 3.31. The number of fused-ring (bicyclic) bond motifs is 1. The van der Waals surface area contributed by atoms with Crippen LogP contribution in [0.5, 0.6) is 0 Å². The van der Waals surface area contributed by atoms with Crippen LogP contribution in [0.1, 0.15) is 30.9 Å². The lowest BCUT2D eigenvalue weighted by molar-refractivity contribution is -0.157. The molecule has 8 heteroatoms. The maximum absolute atomic E-state index is 12.5. The summed E-state index contributed by atoms with van der Waals surface area (Å²) < 4.78 is 0. The molecular formula is C22H29N3O4S. The van der Waals surface area contributed by atoms with Crippen LogP contribution >= 0.6 is 11.8 Å². The SMILES string of the molecule is C[C@H]1C(S[C@@H]2CN[C@@H](Cc3ccc(CN)cc3)C2)=C(C(=O)O)N2C(=O)[C@@H](CCO)[C@@H]12. The first kappa shape index (κ1) is 21.4. The molecule has 3 aliphatic rings. The molecule has 1 aromatic rings. The number of aliphatic hydroxyl groups is 1. The number of aliphatic carboxylic acids is 1. The second-order valence-corrected chi connectivity index (χ2v) is 9.77. The first-order valence-corrected chi connectivity index (χ1v) is 11.4. The molecule has 0 unspecified atom stereocenters. The molecule has 0 spiro atoms. The number of nitrogens with two attached hydrogens (primary N) is 1. The fourth-order valence-corrected chi connectivity index (χ4v) is 6.52. The van der Waals surface area contributed by atoms with Gasteiger partial charge in [-0.1, -0.05) is 31.2 Å². The second-order valence-electron chi connectivity index (χ2n) is 8.43. The fourth-order valence-electron chi connectivity index (χ4n) is 5.00. The predicted molar refractivity (Wildman–Crippen MR) is 115 cm³/mol. The summed E-state index contributed by atoms with van der Waals surface area (Å²) in [6, 6.07) is 8.57. The van der Waals surface area contributed by atoms with Crippen molar-refractivity contribution in [2.45, 2.75) is 50.1 Å². The molecule has 5 atom stereocenters. The van der Waals surface area contributed by atoms with E-state index >= 15 is 0 Å². The summed E-state index contributed by atoms with van der Waals surface area (Å²) in [5.41, 5.74) is 8.19. The lowest BCUT2D eigenvalue weighted by Gasteiger charge is -2.45. The zero-order chi connectivity index (χ0) is 21.4. The Kier molecular flexibility index (Phi) is 6.20. The van der Waals surface area contributed by atoms with Crippen molar-refractivity contribution < 1.29 is 19.8 Å². The van der Waals surface area contributed by atoms with E-state index in [1.165, 1.54) is 10.5 Å². The Morgan fingerprint density at radius 2 is 2.00 bits per heavy atom. The normalized spacial score (nSPS) is 30.6. The number of benzene rings is 1. The van der Waals surface area contributed by atoms with Crippen LogP contribution in [-0.4, -0.2) is 57.5 Å². The maximum atomic E-state index is 12.5. The van der Waals surface area contributed by atoms with Crippen molar-refractivity contribution in [3.8, 4) is 0 Å². The Hall–Kier alpha value is -1.87. The summed E-state index contributed by atoms with van der Waals surface area (Å²) in [7, 11) is 0. The van der Waals surface area contributed by atoms with Crippen LogP contribution in [0.2, 0.25) is 0 Å². The molecular weight excluding hydrogens is 402 g/mol. The summed E-state index contributed by atoms with van der Waals surface area (Å²) in [5, 5.41) is 22.9. The minimum Gasteiger partial charge on any atom is -0.477 e. The van der Waals surface area contributed by atoms with E-state index in [9.17, 15) is 19.8 Å². The number of amides is 1. The third-order valence-corrected chi connectivity index (χ3v) is 8.04. The molecule has 3 heterocycles. The molecule has 0 aliphatic carbocycles. The first-order chi connectivity index (χ1) is 14.4. The Morgan fingerprint density at radius 1 is 1.30 bits per heavy atom. The van der Waals surface area contributed by atoms with E-state index in [0.29, 0.717) is 19.0 Å². The van der Waals surface area contributed by atoms with Crippen molar-refractivity contribution in [3.05, 3.63) is 46.0 Å². The molecule has 0 saturated carbocycles.